The number of hydrogen-bond acceptors (Lipinski definition) is 1. The number of anilines is 2. The predicted octanol–water partition coefficient (Wildman–Crippen LogP) is 6.15. The highest BCUT2D eigenvalue weighted by Gasteiger charge is 2.19. The quantitative estimate of drug-likeness (QED) is 0.395. The smallest absolute Gasteiger partial charge is 0.0469 e. The van der Waals surface area contributed by atoms with Crippen LogP contribution in [-0.2, 0) is 0 Å². The van der Waals surface area contributed by atoms with E-state index in [0.717, 1.165) is 16.4 Å². The highest BCUT2D eigenvalue weighted by atomic mass is 35.5. The zero-order chi connectivity index (χ0) is 19.3. The van der Waals surface area contributed by atoms with Crippen molar-refractivity contribution in [1.82, 2.24) is 0 Å². The monoisotopic (exact) mass is 401 g/mol. The molecule has 0 fully saturated rings. The summed E-state index contributed by atoms with van der Waals surface area (Å²) in [6.07, 6.45) is 0. The van der Waals surface area contributed by atoms with Crippen molar-refractivity contribution in [2.24, 2.45) is 0 Å². The molecule has 0 aliphatic rings. The maximum absolute atomic E-state index is 6.05. The van der Waals surface area contributed by atoms with Gasteiger partial charge in [-0.05, 0) is 61.9 Å². The average Bonchev–Trinajstić information content (AvgIpc) is 2.73. The topological polar surface area (TPSA) is 12.0 Å². The number of nitrogens with one attached hydrogen (secondary N) is 1. The Morgan fingerprint density at radius 1 is 0.679 bits per heavy atom. The average molecular weight is 402 g/mol. The van der Waals surface area contributed by atoms with Crippen molar-refractivity contribution < 1.29 is 0 Å². The molecule has 1 N–H and O–H groups in total. The third-order valence-corrected chi connectivity index (χ3v) is 7.28. The van der Waals surface area contributed by atoms with Gasteiger partial charge in [0, 0.05) is 21.7 Å². The number of hydrogen-bond donors (Lipinski definition) is 1. The van der Waals surface area contributed by atoms with E-state index in [1.165, 1.54) is 21.5 Å². The minimum atomic E-state index is -0.674. The Hall–Kier alpha value is -2.60. The molecule has 0 saturated heterocycles. The van der Waals surface area contributed by atoms with Crippen LogP contribution in [0.5, 0.6) is 0 Å². The van der Waals surface area contributed by atoms with Crippen LogP contribution in [-0.4, -0.2) is 0 Å². The van der Waals surface area contributed by atoms with E-state index < -0.39 is 7.92 Å². The number of aryl methyl sites for hydroxylation is 1. The van der Waals surface area contributed by atoms with Gasteiger partial charge in [0.15, 0.2) is 0 Å². The lowest BCUT2D eigenvalue weighted by molar-refractivity contribution is 1.48. The van der Waals surface area contributed by atoms with Crippen molar-refractivity contribution in [3.05, 3.63) is 114 Å². The first-order valence-corrected chi connectivity index (χ1v) is 11.0. The Labute approximate surface area is 172 Å². The summed E-state index contributed by atoms with van der Waals surface area (Å²) in [5, 5.41) is 8.35. The summed E-state index contributed by atoms with van der Waals surface area (Å²) in [7, 11) is -0.674. The van der Waals surface area contributed by atoms with Crippen LogP contribution in [0.3, 0.4) is 0 Å². The van der Waals surface area contributed by atoms with E-state index in [0.29, 0.717) is 0 Å². The van der Waals surface area contributed by atoms with Crippen molar-refractivity contribution in [2.45, 2.75) is 6.92 Å². The molecule has 0 aliphatic carbocycles. The molecule has 28 heavy (non-hydrogen) atoms. The Kier molecular flexibility index (Phi) is 5.76. The van der Waals surface area contributed by atoms with E-state index in [1.54, 1.807) is 0 Å². The first-order valence-electron chi connectivity index (χ1n) is 9.24. The highest BCUT2D eigenvalue weighted by Crippen LogP contribution is 2.36. The van der Waals surface area contributed by atoms with E-state index in [4.69, 9.17) is 11.6 Å². The maximum atomic E-state index is 6.05. The lowest BCUT2D eigenvalue weighted by atomic mass is 10.2. The molecule has 0 heterocycles. The number of halogens is 1. The van der Waals surface area contributed by atoms with E-state index in [-0.39, 0.29) is 0 Å². The summed E-state index contributed by atoms with van der Waals surface area (Å²) in [5.74, 6) is 0. The molecule has 138 valence electrons. The fraction of sp³-hybridized carbons (Fsp3) is 0.0400. The molecule has 0 unspecified atom stereocenters. The van der Waals surface area contributed by atoms with Gasteiger partial charge in [-0.1, -0.05) is 83.9 Å². The first kappa shape index (κ1) is 18.7. The van der Waals surface area contributed by atoms with E-state index in [2.05, 4.69) is 91.1 Å². The van der Waals surface area contributed by atoms with Gasteiger partial charge in [0.25, 0.3) is 0 Å². The van der Waals surface area contributed by atoms with Gasteiger partial charge in [-0.15, -0.1) is 0 Å². The third kappa shape index (κ3) is 4.28. The molecular formula is C25H21ClNP. The second-order valence-electron chi connectivity index (χ2n) is 6.66. The fourth-order valence-electron chi connectivity index (χ4n) is 3.20. The normalized spacial score (nSPS) is 10.8. The van der Waals surface area contributed by atoms with Crippen molar-refractivity contribution in [3.8, 4) is 0 Å². The summed E-state index contributed by atoms with van der Waals surface area (Å²) < 4.78 is 0. The first-order chi connectivity index (χ1) is 13.7. The zero-order valence-corrected chi connectivity index (χ0v) is 17.3. The van der Waals surface area contributed by atoms with Crippen LogP contribution in [0.4, 0.5) is 11.4 Å². The fourth-order valence-corrected chi connectivity index (χ4v) is 5.83. The van der Waals surface area contributed by atoms with Gasteiger partial charge in [0.1, 0.15) is 0 Å². The molecule has 0 radical (unpaired) electrons. The Bertz CT molecular complexity index is 1010. The summed E-state index contributed by atoms with van der Waals surface area (Å²) in [4.78, 5) is 0. The summed E-state index contributed by atoms with van der Waals surface area (Å²) in [6.45, 7) is 2.15. The molecule has 0 bridgehead atoms. The van der Waals surface area contributed by atoms with Crippen molar-refractivity contribution in [3.63, 3.8) is 0 Å². The molecule has 1 nitrogen and oxygen atoms in total. The summed E-state index contributed by atoms with van der Waals surface area (Å²) in [6, 6.07) is 36.0. The maximum Gasteiger partial charge on any atom is 0.0469 e. The van der Waals surface area contributed by atoms with Gasteiger partial charge in [-0.3, -0.25) is 0 Å². The second kappa shape index (κ2) is 8.61. The van der Waals surface area contributed by atoms with Crippen LogP contribution in [0.15, 0.2) is 103 Å². The van der Waals surface area contributed by atoms with Gasteiger partial charge in [0.2, 0.25) is 0 Å². The van der Waals surface area contributed by atoms with Gasteiger partial charge >= 0.3 is 0 Å². The summed E-state index contributed by atoms with van der Waals surface area (Å²) in [5.41, 5.74) is 3.42. The van der Waals surface area contributed by atoms with E-state index in [9.17, 15) is 0 Å². The predicted molar refractivity (Wildman–Crippen MR) is 125 cm³/mol. The minimum Gasteiger partial charge on any atom is -0.355 e. The van der Waals surface area contributed by atoms with Gasteiger partial charge in [-0.2, -0.15) is 0 Å². The molecule has 4 rings (SSSR count). The van der Waals surface area contributed by atoms with Gasteiger partial charge in [0.05, 0.1) is 0 Å². The van der Waals surface area contributed by atoms with Gasteiger partial charge < -0.3 is 5.32 Å². The molecule has 0 atom stereocenters. The van der Waals surface area contributed by atoms with Crippen LogP contribution in [0.25, 0.3) is 0 Å². The highest BCUT2D eigenvalue weighted by molar-refractivity contribution is 7.80. The molecule has 4 aromatic rings. The molecule has 3 heteroatoms. The Morgan fingerprint density at radius 3 is 1.82 bits per heavy atom. The zero-order valence-electron chi connectivity index (χ0n) is 15.6. The molecule has 0 amide bonds. The minimum absolute atomic E-state index is 0.674. The molecule has 4 aromatic carbocycles. The van der Waals surface area contributed by atoms with Crippen LogP contribution in [0.2, 0.25) is 5.02 Å². The Morgan fingerprint density at radius 2 is 1.25 bits per heavy atom. The molecule has 0 spiro atoms. The van der Waals surface area contributed by atoms with Crippen molar-refractivity contribution in [1.29, 1.82) is 0 Å². The molecule has 0 aromatic heterocycles. The van der Waals surface area contributed by atoms with Crippen LogP contribution < -0.4 is 21.2 Å². The van der Waals surface area contributed by atoms with Crippen molar-refractivity contribution in [2.75, 3.05) is 5.32 Å². The van der Waals surface area contributed by atoms with Gasteiger partial charge in [-0.25, -0.2) is 0 Å². The molecular weight excluding hydrogens is 381 g/mol. The van der Waals surface area contributed by atoms with Crippen LogP contribution in [0.1, 0.15) is 5.56 Å². The third-order valence-electron chi connectivity index (χ3n) is 4.55. The largest absolute Gasteiger partial charge is 0.355 e. The standard InChI is InChI=1S/C25H21ClNP/c1-19-12-17-24(27-21-15-13-20(26)14-16-21)25(18-19)28(22-8-4-2-5-9-22)23-10-6-3-7-11-23/h2-18,27H,1H3. The summed E-state index contributed by atoms with van der Waals surface area (Å²) >= 11 is 6.05. The molecule has 0 saturated carbocycles. The van der Waals surface area contributed by atoms with Crippen molar-refractivity contribution >= 4 is 46.8 Å². The second-order valence-corrected chi connectivity index (χ2v) is 9.28. The van der Waals surface area contributed by atoms with Crippen LogP contribution >= 0.6 is 19.5 Å². The lowest BCUT2D eigenvalue weighted by Gasteiger charge is -2.23. The van der Waals surface area contributed by atoms with E-state index >= 15 is 0 Å². The SMILES string of the molecule is Cc1ccc(Nc2ccc(Cl)cc2)c(P(c2ccccc2)c2ccccc2)c1. The molecule has 0 aliphatic heterocycles. The number of rotatable bonds is 5. The lowest BCUT2D eigenvalue weighted by Crippen LogP contribution is -2.22. The van der Waals surface area contributed by atoms with Crippen LogP contribution in [0, 0.1) is 6.92 Å². The van der Waals surface area contributed by atoms with E-state index in [1.807, 2.05) is 24.3 Å². The number of benzene rings is 4. The Balaban J connectivity index is 1.84.